The number of hydrogen-bond donors (Lipinski definition) is 1. The Hall–Kier alpha value is -0.930. The van der Waals surface area contributed by atoms with Gasteiger partial charge in [0.1, 0.15) is 5.82 Å². The van der Waals surface area contributed by atoms with E-state index in [1.165, 1.54) is 6.07 Å². The molecule has 120 valence electrons. The van der Waals surface area contributed by atoms with Gasteiger partial charge in [-0.3, -0.25) is 4.90 Å². The van der Waals surface area contributed by atoms with Crippen molar-refractivity contribution in [3.8, 4) is 0 Å². The van der Waals surface area contributed by atoms with Gasteiger partial charge in [0.25, 0.3) is 0 Å². The van der Waals surface area contributed by atoms with E-state index in [9.17, 15) is 4.39 Å². The number of nitrogens with zero attached hydrogens (tertiary/aromatic N) is 1. The second-order valence-electron chi connectivity index (χ2n) is 6.27. The van der Waals surface area contributed by atoms with Crippen molar-refractivity contribution in [3.05, 3.63) is 35.6 Å². The summed E-state index contributed by atoms with van der Waals surface area (Å²) in [6.45, 7) is 10.4. The average Bonchev–Trinajstić information content (AvgIpc) is 2.49. The molecule has 0 aliphatic rings. The molecule has 21 heavy (non-hydrogen) atoms. The van der Waals surface area contributed by atoms with Crippen LogP contribution in [0.4, 0.5) is 4.39 Å². The van der Waals surface area contributed by atoms with Gasteiger partial charge >= 0.3 is 0 Å². The van der Waals surface area contributed by atoms with Gasteiger partial charge in [0.2, 0.25) is 0 Å². The first-order valence-electron chi connectivity index (χ1n) is 8.18. The zero-order valence-corrected chi connectivity index (χ0v) is 14.0. The molecule has 0 aliphatic carbocycles. The highest BCUT2D eigenvalue weighted by Gasteiger charge is 2.33. The summed E-state index contributed by atoms with van der Waals surface area (Å²) in [5.41, 5.74) is 6.66. The first-order chi connectivity index (χ1) is 9.98. The summed E-state index contributed by atoms with van der Waals surface area (Å²) in [5.74, 6) is -0.128. The number of rotatable bonds is 9. The topological polar surface area (TPSA) is 29.3 Å². The van der Waals surface area contributed by atoms with Crippen molar-refractivity contribution in [3.63, 3.8) is 0 Å². The maximum absolute atomic E-state index is 14.0. The highest BCUT2D eigenvalue weighted by molar-refractivity contribution is 5.20. The summed E-state index contributed by atoms with van der Waals surface area (Å²) >= 11 is 0. The molecule has 0 saturated carbocycles. The Labute approximate surface area is 129 Å². The van der Waals surface area contributed by atoms with Crippen LogP contribution in [0.25, 0.3) is 0 Å². The van der Waals surface area contributed by atoms with Crippen LogP contribution in [0.3, 0.4) is 0 Å². The van der Waals surface area contributed by atoms with E-state index in [1.54, 1.807) is 6.07 Å². The fraction of sp³-hybridized carbons (Fsp3) is 0.667. The van der Waals surface area contributed by atoms with E-state index in [1.807, 2.05) is 12.1 Å². The lowest BCUT2D eigenvalue weighted by atomic mass is 9.88. The maximum atomic E-state index is 14.0. The largest absolute Gasteiger partial charge is 0.329 e. The highest BCUT2D eigenvalue weighted by Crippen LogP contribution is 2.25. The molecule has 2 N–H and O–H groups in total. The molecule has 1 aromatic carbocycles. The summed E-state index contributed by atoms with van der Waals surface area (Å²) in [5, 5.41) is 0. The van der Waals surface area contributed by atoms with Gasteiger partial charge in [0.05, 0.1) is 0 Å². The Bertz CT molecular complexity index is 421. The summed E-state index contributed by atoms with van der Waals surface area (Å²) in [7, 11) is 0. The van der Waals surface area contributed by atoms with Crippen LogP contribution in [0.1, 0.15) is 52.5 Å². The summed E-state index contributed by atoms with van der Waals surface area (Å²) in [4.78, 5) is 2.48. The van der Waals surface area contributed by atoms with Gasteiger partial charge < -0.3 is 5.73 Å². The molecule has 0 radical (unpaired) electrons. The molecule has 0 amide bonds. The van der Waals surface area contributed by atoms with Crippen LogP contribution < -0.4 is 5.73 Å². The summed E-state index contributed by atoms with van der Waals surface area (Å²) in [6.07, 6.45) is 4.05. The summed E-state index contributed by atoms with van der Waals surface area (Å²) in [6, 6.07) is 7.50. The van der Waals surface area contributed by atoms with Crippen molar-refractivity contribution in [2.45, 2.75) is 65.0 Å². The molecular weight excluding hydrogens is 263 g/mol. The second-order valence-corrected chi connectivity index (χ2v) is 6.27. The standard InChI is InChI=1S/C18H31FN2/c1-5-7-12-21(15(3)6-2)18(4,14-20)13-16-10-8-9-11-17(16)19/h8-11,15H,5-7,12-14,20H2,1-4H3. The normalized spacial score (nSPS) is 16.0. The Balaban J connectivity index is 3.00. The third kappa shape index (κ3) is 4.79. The molecule has 2 atom stereocenters. The molecule has 0 fully saturated rings. The molecule has 1 rings (SSSR count). The quantitative estimate of drug-likeness (QED) is 0.746. The van der Waals surface area contributed by atoms with Crippen LogP contribution in [-0.4, -0.2) is 29.6 Å². The van der Waals surface area contributed by atoms with Crippen molar-refractivity contribution in [1.29, 1.82) is 0 Å². The number of benzene rings is 1. The van der Waals surface area contributed by atoms with E-state index < -0.39 is 0 Å². The average molecular weight is 294 g/mol. The maximum Gasteiger partial charge on any atom is 0.126 e. The lowest BCUT2D eigenvalue weighted by Crippen LogP contribution is -2.56. The van der Waals surface area contributed by atoms with Crippen LogP contribution in [0.5, 0.6) is 0 Å². The first kappa shape index (κ1) is 18.1. The Morgan fingerprint density at radius 3 is 2.48 bits per heavy atom. The molecule has 0 spiro atoms. The third-order valence-corrected chi connectivity index (χ3v) is 4.54. The van der Waals surface area contributed by atoms with E-state index in [4.69, 9.17) is 5.73 Å². The van der Waals surface area contributed by atoms with E-state index >= 15 is 0 Å². The van der Waals surface area contributed by atoms with Crippen molar-refractivity contribution in [1.82, 2.24) is 4.90 Å². The van der Waals surface area contributed by atoms with Gasteiger partial charge in [0, 0.05) is 18.1 Å². The SMILES string of the molecule is CCCCN(C(C)CC)C(C)(CN)Cc1ccccc1F. The molecule has 0 aromatic heterocycles. The van der Waals surface area contributed by atoms with Gasteiger partial charge in [-0.15, -0.1) is 0 Å². The molecule has 0 bridgehead atoms. The fourth-order valence-electron chi connectivity index (χ4n) is 2.91. The Morgan fingerprint density at radius 2 is 1.95 bits per heavy atom. The summed E-state index contributed by atoms with van der Waals surface area (Å²) < 4.78 is 14.0. The smallest absolute Gasteiger partial charge is 0.126 e. The first-order valence-corrected chi connectivity index (χ1v) is 8.18. The lowest BCUT2D eigenvalue weighted by molar-refractivity contribution is 0.0638. The van der Waals surface area contributed by atoms with E-state index in [-0.39, 0.29) is 11.4 Å². The van der Waals surface area contributed by atoms with Crippen LogP contribution in [-0.2, 0) is 6.42 Å². The van der Waals surface area contributed by atoms with Crippen molar-refractivity contribution < 1.29 is 4.39 Å². The molecule has 2 nitrogen and oxygen atoms in total. The van der Waals surface area contributed by atoms with Crippen molar-refractivity contribution in [2.75, 3.05) is 13.1 Å². The highest BCUT2D eigenvalue weighted by atomic mass is 19.1. The zero-order valence-electron chi connectivity index (χ0n) is 14.0. The molecule has 2 unspecified atom stereocenters. The van der Waals surface area contributed by atoms with Crippen LogP contribution in [0.15, 0.2) is 24.3 Å². The van der Waals surface area contributed by atoms with Gasteiger partial charge in [-0.05, 0) is 51.3 Å². The molecule has 3 heteroatoms. The van der Waals surface area contributed by atoms with E-state index in [2.05, 4.69) is 32.6 Å². The molecule has 0 heterocycles. The van der Waals surface area contributed by atoms with Crippen molar-refractivity contribution in [2.24, 2.45) is 5.73 Å². The van der Waals surface area contributed by atoms with E-state index in [0.717, 1.165) is 31.4 Å². The second kappa shape index (κ2) is 8.50. The molecule has 1 aromatic rings. The predicted octanol–water partition coefficient (Wildman–Crippen LogP) is 3.99. The molecule has 0 aliphatic heterocycles. The minimum absolute atomic E-state index is 0.128. The van der Waals surface area contributed by atoms with Crippen LogP contribution in [0.2, 0.25) is 0 Å². The number of nitrogens with two attached hydrogens (primary N) is 1. The van der Waals surface area contributed by atoms with Gasteiger partial charge in [-0.2, -0.15) is 0 Å². The van der Waals surface area contributed by atoms with Gasteiger partial charge in [-0.1, -0.05) is 38.5 Å². The van der Waals surface area contributed by atoms with Gasteiger partial charge in [0.15, 0.2) is 0 Å². The van der Waals surface area contributed by atoms with Crippen molar-refractivity contribution >= 4 is 0 Å². The van der Waals surface area contributed by atoms with Crippen LogP contribution >= 0.6 is 0 Å². The van der Waals surface area contributed by atoms with Gasteiger partial charge in [-0.25, -0.2) is 4.39 Å². The number of unbranched alkanes of at least 4 members (excludes halogenated alkanes) is 1. The lowest BCUT2D eigenvalue weighted by Gasteiger charge is -2.44. The van der Waals surface area contributed by atoms with Crippen LogP contribution in [0, 0.1) is 5.82 Å². The Morgan fingerprint density at radius 1 is 1.29 bits per heavy atom. The Kier molecular flexibility index (Phi) is 7.33. The predicted molar refractivity (Wildman–Crippen MR) is 88.9 cm³/mol. The molecular formula is C18H31FN2. The van der Waals surface area contributed by atoms with E-state index in [0.29, 0.717) is 19.0 Å². The monoisotopic (exact) mass is 294 g/mol. The zero-order chi connectivity index (χ0) is 15.9. The number of halogens is 1. The minimum atomic E-state index is -0.202. The fourth-order valence-corrected chi connectivity index (χ4v) is 2.91. The molecule has 0 saturated heterocycles. The minimum Gasteiger partial charge on any atom is -0.329 e. The number of hydrogen-bond acceptors (Lipinski definition) is 2. The third-order valence-electron chi connectivity index (χ3n) is 4.54.